The molecule has 0 spiro atoms. The molecule has 0 unspecified atom stereocenters. The lowest BCUT2D eigenvalue weighted by Gasteiger charge is -2.31. The summed E-state index contributed by atoms with van der Waals surface area (Å²) in [6.07, 6.45) is 0. The summed E-state index contributed by atoms with van der Waals surface area (Å²) in [6, 6.07) is 0. The van der Waals surface area contributed by atoms with Crippen molar-refractivity contribution in [3.05, 3.63) is 0 Å². The lowest BCUT2D eigenvalue weighted by atomic mass is 10.2. The van der Waals surface area contributed by atoms with Gasteiger partial charge in [-0.25, -0.2) is 0 Å². The van der Waals surface area contributed by atoms with Gasteiger partial charge in [0.25, 0.3) is 0 Å². The average molecular weight is 208 g/mol. The van der Waals surface area contributed by atoms with Crippen molar-refractivity contribution in [3.63, 3.8) is 0 Å². The summed E-state index contributed by atoms with van der Waals surface area (Å²) in [7, 11) is 3.94. The summed E-state index contributed by atoms with van der Waals surface area (Å²) in [5.41, 5.74) is 0. The Labute approximate surface area is 82.1 Å². The summed E-state index contributed by atoms with van der Waals surface area (Å²) in [4.78, 5) is 0. The first-order valence-electron chi connectivity index (χ1n) is 3.86. The van der Waals surface area contributed by atoms with Crippen LogP contribution >= 0.6 is 33.3 Å². The molecule has 2 aliphatic heterocycles. The van der Waals surface area contributed by atoms with E-state index >= 15 is 0 Å². The van der Waals surface area contributed by atoms with E-state index in [1.165, 1.54) is 11.5 Å². The molecule has 11 heavy (non-hydrogen) atoms. The van der Waals surface area contributed by atoms with Gasteiger partial charge in [-0.3, -0.25) is 0 Å². The van der Waals surface area contributed by atoms with E-state index in [1.807, 2.05) is 33.3 Å². The fraction of sp³-hybridized carbons (Fsp3) is 1.00. The molecule has 0 aliphatic carbocycles. The van der Waals surface area contributed by atoms with E-state index in [0.29, 0.717) is 9.49 Å². The summed E-state index contributed by atoms with van der Waals surface area (Å²) >= 11 is 2.03. The molecule has 3 heteroatoms. The molecule has 0 amide bonds. The highest BCUT2D eigenvalue weighted by Gasteiger charge is 2.31. The fourth-order valence-corrected chi connectivity index (χ4v) is 3.08. The monoisotopic (exact) mass is 208 g/mol. The van der Waals surface area contributed by atoms with E-state index in [1.54, 1.807) is 0 Å². The van der Waals surface area contributed by atoms with Gasteiger partial charge in [0.05, 0.1) is 0 Å². The summed E-state index contributed by atoms with van der Waals surface area (Å²) in [6.45, 7) is 9.07. The highest BCUT2D eigenvalue weighted by atomic mass is 33.1. The Morgan fingerprint density at radius 1 is 0.909 bits per heavy atom. The molecule has 0 nitrogen and oxygen atoms in total. The van der Waals surface area contributed by atoms with Crippen LogP contribution in [0.3, 0.4) is 0 Å². The van der Waals surface area contributed by atoms with Gasteiger partial charge in [-0.05, 0) is 27.7 Å². The lowest BCUT2D eigenvalue weighted by Crippen LogP contribution is -2.23. The Morgan fingerprint density at radius 3 is 1.18 bits per heavy atom. The van der Waals surface area contributed by atoms with Crippen molar-refractivity contribution >= 4 is 33.3 Å². The highest BCUT2D eigenvalue weighted by Crippen LogP contribution is 2.49. The van der Waals surface area contributed by atoms with Crippen LogP contribution in [0.5, 0.6) is 0 Å². The van der Waals surface area contributed by atoms with Gasteiger partial charge in [0.15, 0.2) is 0 Å². The zero-order chi connectivity index (χ0) is 8.54. The second-order valence-corrected chi connectivity index (χ2v) is 8.84. The van der Waals surface area contributed by atoms with Crippen LogP contribution in [-0.4, -0.2) is 21.0 Å². The molecule has 0 aromatic carbocycles. The largest absolute Gasteiger partial charge is 0.153 e. The number of thioether (sulfide) groups is 1. The van der Waals surface area contributed by atoms with E-state index in [4.69, 9.17) is 0 Å². The SMILES string of the molecule is CC1(C)CS1.CC1(C)CSS1. The standard InChI is InChI=1S/C4H8S2.C4H8S/c1-4(2)3-5-6-4;1-4(2)3-5-4/h3H2,1-2H3;3H2,1-2H3. The molecule has 2 saturated heterocycles. The van der Waals surface area contributed by atoms with Crippen LogP contribution in [0.15, 0.2) is 0 Å². The van der Waals surface area contributed by atoms with Gasteiger partial charge < -0.3 is 0 Å². The molecule has 0 bridgehead atoms. The van der Waals surface area contributed by atoms with Crippen molar-refractivity contribution in [2.45, 2.75) is 37.2 Å². The van der Waals surface area contributed by atoms with E-state index in [-0.39, 0.29) is 0 Å². The van der Waals surface area contributed by atoms with Crippen molar-refractivity contribution < 1.29 is 0 Å². The summed E-state index contributed by atoms with van der Waals surface area (Å²) in [5, 5.41) is 0. The lowest BCUT2D eigenvalue weighted by molar-refractivity contribution is 0.814. The molecule has 0 N–H and O–H groups in total. The van der Waals surface area contributed by atoms with Crippen LogP contribution in [0, 0.1) is 0 Å². The van der Waals surface area contributed by atoms with Crippen LogP contribution in [0.2, 0.25) is 0 Å². The van der Waals surface area contributed by atoms with Crippen LogP contribution < -0.4 is 0 Å². The minimum atomic E-state index is 0.602. The van der Waals surface area contributed by atoms with Gasteiger partial charge in [0.1, 0.15) is 0 Å². The molecule has 0 aromatic heterocycles. The van der Waals surface area contributed by atoms with Gasteiger partial charge in [0, 0.05) is 21.0 Å². The van der Waals surface area contributed by atoms with E-state index in [9.17, 15) is 0 Å². The number of hydrogen-bond donors (Lipinski definition) is 0. The predicted molar refractivity (Wildman–Crippen MR) is 60.7 cm³/mol. The topological polar surface area (TPSA) is 0 Å². The Hall–Kier alpha value is 1.05. The molecule has 2 fully saturated rings. The molecule has 66 valence electrons. The molecule has 2 rings (SSSR count). The number of rotatable bonds is 0. The Bertz CT molecular complexity index is 128. The third kappa shape index (κ3) is 4.58. The smallest absolute Gasteiger partial charge is 0.0306 e. The van der Waals surface area contributed by atoms with Crippen molar-refractivity contribution in [3.8, 4) is 0 Å². The predicted octanol–water partition coefficient (Wildman–Crippen LogP) is 3.67. The zero-order valence-electron chi connectivity index (χ0n) is 7.64. The maximum absolute atomic E-state index is 2.27. The third-order valence-electron chi connectivity index (χ3n) is 1.41. The molecule has 2 heterocycles. The van der Waals surface area contributed by atoms with Gasteiger partial charge in [-0.15, -0.1) is 0 Å². The summed E-state index contributed by atoms with van der Waals surface area (Å²) < 4.78 is 1.27. The fourth-order valence-electron chi connectivity index (χ4n) is 0.439. The first-order chi connectivity index (χ1) is 4.91. The Kier molecular flexibility index (Phi) is 3.16. The van der Waals surface area contributed by atoms with Crippen LogP contribution in [0.1, 0.15) is 27.7 Å². The molecular weight excluding hydrogens is 192 g/mol. The quantitative estimate of drug-likeness (QED) is 0.440. The molecule has 0 aromatic rings. The van der Waals surface area contributed by atoms with E-state index in [0.717, 1.165) is 0 Å². The van der Waals surface area contributed by atoms with Crippen LogP contribution in [0.4, 0.5) is 0 Å². The maximum Gasteiger partial charge on any atom is 0.0306 e. The number of hydrogen-bond acceptors (Lipinski definition) is 3. The minimum absolute atomic E-state index is 0.602. The molecule has 2 aliphatic rings. The molecule has 0 atom stereocenters. The average Bonchev–Trinajstić information content (AvgIpc) is 2.44. The first kappa shape index (κ1) is 10.1. The van der Waals surface area contributed by atoms with Crippen molar-refractivity contribution in [1.82, 2.24) is 0 Å². The van der Waals surface area contributed by atoms with E-state index in [2.05, 4.69) is 27.7 Å². The van der Waals surface area contributed by atoms with Crippen LogP contribution in [-0.2, 0) is 0 Å². The van der Waals surface area contributed by atoms with Gasteiger partial charge in [-0.1, -0.05) is 21.6 Å². The third-order valence-corrected chi connectivity index (χ3v) is 6.65. The van der Waals surface area contributed by atoms with Gasteiger partial charge in [-0.2, -0.15) is 11.8 Å². The zero-order valence-corrected chi connectivity index (χ0v) is 10.1. The van der Waals surface area contributed by atoms with Gasteiger partial charge >= 0.3 is 0 Å². The highest BCUT2D eigenvalue weighted by molar-refractivity contribution is 8.80. The molecular formula is C8H16S3. The molecule has 0 radical (unpaired) electrons. The van der Waals surface area contributed by atoms with Crippen molar-refractivity contribution in [2.24, 2.45) is 0 Å². The normalized spacial score (nSPS) is 29.5. The second-order valence-electron chi connectivity index (χ2n) is 4.15. The van der Waals surface area contributed by atoms with Gasteiger partial charge in [0.2, 0.25) is 0 Å². The molecule has 0 saturated carbocycles. The first-order valence-corrected chi connectivity index (χ1v) is 7.16. The van der Waals surface area contributed by atoms with Crippen molar-refractivity contribution in [1.29, 1.82) is 0 Å². The van der Waals surface area contributed by atoms with Crippen molar-refractivity contribution in [2.75, 3.05) is 11.5 Å². The second kappa shape index (κ2) is 3.43. The summed E-state index contributed by atoms with van der Waals surface area (Å²) in [5.74, 6) is 2.70. The Balaban J connectivity index is 0.000000112. The minimum Gasteiger partial charge on any atom is -0.153 e. The Morgan fingerprint density at radius 2 is 1.18 bits per heavy atom. The maximum atomic E-state index is 2.27. The van der Waals surface area contributed by atoms with Crippen LogP contribution in [0.25, 0.3) is 0 Å². The van der Waals surface area contributed by atoms with E-state index < -0.39 is 0 Å².